The van der Waals surface area contributed by atoms with E-state index in [1.807, 2.05) is 6.92 Å². The molecule has 0 bridgehead atoms. The second-order valence-electron chi connectivity index (χ2n) is 4.84. The maximum absolute atomic E-state index is 12.6. The van der Waals surface area contributed by atoms with Gasteiger partial charge in [0.2, 0.25) is 0 Å². The Morgan fingerprint density at radius 1 is 1.33 bits per heavy atom. The van der Waals surface area contributed by atoms with Crippen LogP contribution < -0.4 is 15.2 Å². The van der Waals surface area contributed by atoms with Crippen LogP contribution in [0.3, 0.4) is 0 Å². The molecule has 0 saturated carbocycles. The van der Waals surface area contributed by atoms with E-state index in [1.165, 1.54) is 14.2 Å². The fourth-order valence-corrected chi connectivity index (χ4v) is 2.53. The largest absolute Gasteiger partial charge is 0.493 e. The molecule has 0 fully saturated rings. The lowest BCUT2D eigenvalue weighted by molar-refractivity contribution is 0.0742. The van der Waals surface area contributed by atoms with Gasteiger partial charge in [0.05, 0.1) is 19.8 Å². The molecule has 0 heterocycles. The van der Waals surface area contributed by atoms with Crippen LogP contribution in [0.5, 0.6) is 11.5 Å². The van der Waals surface area contributed by atoms with E-state index in [4.69, 9.17) is 15.2 Å². The Morgan fingerprint density at radius 2 is 1.90 bits per heavy atom. The number of methoxy groups -OCH3 is 2. The highest BCUT2D eigenvalue weighted by atomic mass is 32.2. The van der Waals surface area contributed by atoms with Gasteiger partial charge in [-0.15, -0.1) is 0 Å². The van der Waals surface area contributed by atoms with Crippen molar-refractivity contribution < 1.29 is 14.3 Å². The zero-order valence-electron chi connectivity index (χ0n) is 13.3. The first-order valence-corrected chi connectivity index (χ1v) is 8.13. The average Bonchev–Trinajstić information content (AvgIpc) is 2.50. The van der Waals surface area contributed by atoms with Gasteiger partial charge in [-0.25, -0.2) is 0 Å². The minimum Gasteiger partial charge on any atom is -0.493 e. The minimum absolute atomic E-state index is 0.109. The SMILES string of the molecule is COc1cc(N)c(C(=O)N(C)C(C)CCSC)cc1OC. The summed E-state index contributed by atoms with van der Waals surface area (Å²) in [5.41, 5.74) is 6.80. The lowest BCUT2D eigenvalue weighted by Gasteiger charge is -2.25. The van der Waals surface area contributed by atoms with Crippen LogP contribution in [0.4, 0.5) is 5.69 Å². The van der Waals surface area contributed by atoms with Crippen LogP contribution in [0.1, 0.15) is 23.7 Å². The Morgan fingerprint density at radius 3 is 2.43 bits per heavy atom. The van der Waals surface area contributed by atoms with Gasteiger partial charge in [-0.05, 0) is 31.4 Å². The van der Waals surface area contributed by atoms with Gasteiger partial charge >= 0.3 is 0 Å². The number of ether oxygens (including phenoxy) is 2. The van der Waals surface area contributed by atoms with Crippen molar-refractivity contribution in [2.24, 2.45) is 0 Å². The molecule has 0 spiro atoms. The molecular weight excluding hydrogens is 288 g/mol. The summed E-state index contributed by atoms with van der Waals surface area (Å²) in [6.07, 6.45) is 3.00. The summed E-state index contributed by atoms with van der Waals surface area (Å²) >= 11 is 1.77. The first kappa shape index (κ1) is 17.5. The van der Waals surface area contributed by atoms with Crippen LogP contribution >= 0.6 is 11.8 Å². The van der Waals surface area contributed by atoms with Crippen LogP contribution in [-0.2, 0) is 0 Å². The molecule has 0 aliphatic carbocycles. The number of hydrogen-bond donors (Lipinski definition) is 1. The fourth-order valence-electron chi connectivity index (χ4n) is 1.95. The molecule has 0 saturated heterocycles. The molecule has 0 aromatic heterocycles. The Balaban J connectivity index is 3.01. The van der Waals surface area contributed by atoms with E-state index >= 15 is 0 Å². The second kappa shape index (κ2) is 8.02. The molecule has 5 nitrogen and oxygen atoms in total. The highest BCUT2D eigenvalue weighted by Gasteiger charge is 2.21. The van der Waals surface area contributed by atoms with E-state index in [0.29, 0.717) is 22.7 Å². The summed E-state index contributed by atoms with van der Waals surface area (Å²) in [6, 6.07) is 3.40. The fraction of sp³-hybridized carbons (Fsp3) is 0.533. The predicted molar refractivity (Wildman–Crippen MR) is 88.5 cm³/mol. The number of hydrogen-bond acceptors (Lipinski definition) is 5. The van der Waals surface area contributed by atoms with Gasteiger partial charge < -0.3 is 20.1 Å². The Bertz CT molecular complexity index is 494. The number of anilines is 1. The van der Waals surface area contributed by atoms with Crippen LogP contribution in [0.15, 0.2) is 12.1 Å². The molecule has 1 amide bonds. The molecule has 6 heteroatoms. The summed E-state index contributed by atoms with van der Waals surface area (Å²) in [5.74, 6) is 1.92. The van der Waals surface area contributed by atoms with Crippen molar-refractivity contribution in [1.82, 2.24) is 4.90 Å². The summed E-state index contributed by atoms with van der Waals surface area (Å²) < 4.78 is 10.4. The van der Waals surface area contributed by atoms with E-state index in [-0.39, 0.29) is 11.9 Å². The molecule has 1 aromatic rings. The number of rotatable bonds is 7. The molecule has 2 N–H and O–H groups in total. The summed E-state index contributed by atoms with van der Waals surface area (Å²) in [4.78, 5) is 14.3. The maximum atomic E-state index is 12.6. The third kappa shape index (κ3) is 4.20. The van der Waals surface area contributed by atoms with Gasteiger partial charge in [-0.2, -0.15) is 11.8 Å². The highest BCUT2D eigenvalue weighted by molar-refractivity contribution is 7.98. The van der Waals surface area contributed by atoms with Gasteiger partial charge in [0.25, 0.3) is 5.91 Å². The molecule has 0 aliphatic heterocycles. The first-order chi connectivity index (χ1) is 9.96. The van der Waals surface area contributed by atoms with Crippen LogP contribution in [-0.4, -0.2) is 50.1 Å². The van der Waals surface area contributed by atoms with Gasteiger partial charge in [0.15, 0.2) is 11.5 Å². The lowest BCUT2D eigenvalue weighted by atomic mass is 10.1. The first-order valence-electron chi connectivity index (χ1n) is 6.73. The number of carbonyl (C=O) groups excluding carboxylic acids is 1. The monoisotopic (exact) mass is 312 g/mol. The molecule has 21 heavy (non-hydrogen) atoms. The number of thioether (sulfide) groups is 1. The molecule has 1 rings (SSSR count). The predicted octanol–water partition coefficient (Wildman–Crippen LogP) is 2.50. The standard InChI is InChI=1S/C15H24N2O3S/c1-10(6-7-21-5)17(2)15(18)11-8-13(19-3)14(20-4)9-12(11)16/h8-10H,6-7,16H2,1-5H3. The second-order valence-corrected chi connectivity index (χ2v) is 5.83. The third-order valence-corrected chi connectivity index (χ3v) is 4.15. The average molecular weight is 312 g/mol. The molecule has 0 radical (unpaired) electrons. The normalized spacial score (nSPS) is 11.9. The van der Waals surface area contributed by atoms with Crippen LogP contribution in [0.2, 0.25) is 0 Å². The smallest absolute Gasteiger partial charge is 0.256 e. The summed E-state index contributed by atoms with van der Waals surface area (Å²) in [5, 5.41) is 0. The number of nitrogen functional groups attached to an aromatic ring is 1. The van der Waals surface area contributed by atoms with Crippen molar-refractivity contribution in [3.05, 3.63) is 17.7 Å². The van der Waals surface area contributed by atoms with Crippen LogP contribution in [0, 0.1) is 0 Å². The van der Waals surface area contributed by atoms with Gasteiger partial charge in [-0.1, -0.05) is 0 Å². The van der Waals surface area contributed by atoms with E-state index < -0.39 is 0 Å². The highest BCUT2D eigenvalue weighted by Crippen LogP contribution is 2.32. The summed E-state index contributed by atoms with van der Waals surface area (Å²) in [6.45, 7) is 2.03. The number of nitrogens with zero attached hydrogens (tertiary/aromatic N) is 1. The summed E-state index contributed by atoms with van der Waals surface area (Å²) in [7, 11) is 4.87. The van der Waals surface area contributed by atoms with E-state index in [9.17, 15) is 4.79 Å². The van der Waals surface area contributed by atoms with E-state index in [1.54, 1.807) is 35.8 Å². The van der Waals surface area contributed by atoms with Gasteiger partial charge in [-0.3, -0.25) is 4.79 Å². The van der Waals surface area contributed by atoms with E-state index in [0.717, 1.165) is 12.2 Å². The molecule has 1 unspecified atom stereocenters. The molecule has 118 valence electrons. The molecule has 0 aliphatic rings. The van der Waals surface area contributed by atoms with Gasteiger partial charge in [0, 0.05) is 24.8 Å². The lowest BCUT2D eigenvalue weighted by Crippen LogP contribution is -2.35. The zero-order chi connectivity index (χ0) is 16.0. The third-order valence-electron chi connectivity index (χ3n) is 3.51. The van der Waals surface area contributed by atoms with Crippen molar-refractivity contribution in [2.45, 2.75) is 19.4 Å². The van der Waals surface area contributed by atoms with Crippen LogP contribution in [0.25, 0.3) is 0 Å². The van der Waals surface area contributed by atoms with E-state index in [2.05, 4.69) is 6.26 Å². The van der Waals surface area contributed by atoms with Crippen molar-refractivity contribution in [1.29, 1.82) is 0 Å². The van der Waals surface area contributed by atoms with Gasteiger partial charge in [0.1, 0.15) is 0 Å². The number of carbonyl (C=O) groups is 1. The topological polar surface area (TPSA) is 64.8 Å². The Kier molecular flexibility index (Phi) is 6.68. The van der Waals surface area contributed by atoms with Crippen molar-refractivity contribution in [3.63, 3.8) is 0 Å². The number of amides is 1. The number of benzene rings is 1. The quantitative estimate of drug-likeness (QED) is 0.784. The van der Waals surface area contributed by atoms with Crippen molar-refractivity contribution in [2.75, 3.05) is 39.0 Å². The Hall–Kier alpha value is -1.56. The minimum atomic E-state index is -0.109. The maximum Gasteiger partial charge on any atom is 0.256 e. The van der Waals surface area contributed by atoms with Crippen molar-refractivity contribution in [3.8, 4) is 11.5 Å². The zero-order valence-corrected chi connectivity index (χ0v) is 14.1. The molecule has 1 aromatic carbocycles. The molecular formula is C15H24N2O3S. The van der Waals surface area contributed by atoms with Crippen molar-refractivity contribution >= 4 is 23.4 Å². The number of nitrogens with two attached hydrogens (primary N) is 1. The molecule has 1 atom stereocenters. The Labute approximate surface area is 130 Å².